The normalized spacial score (nSPS) is 11.5. The molecule has 0 bridgehead atoms. The van der Waals surface area contributed by atoms with E-state index in [1.807, 2.05) is 0 Å². The molecule has 0 aromatic carbocycles. The predicted octanol–water partition coefficient (Wildman–Crippen LogP) is 4.74. The number of aryl methyl sites for hydroxylation is 4. The zero-order valence-electron chi connectivity index (χ0n) is 25.9. The molecule has 0 saturated heterocycles. The second-order valence-electron chi connectivity index (χ2n) is 10.3. The van der Waals surface area contributed by atoms with Crippen LogP contribution in [-0.4, -0.2) is 49.1 Å². The summed E-state index contributed by atoms with van der Waals surface area (Å²) in [5, 5.41) is 53.7. The van der Waals surface area contributed by atoms with Crippen molar-refractivity contribution in [3.05, 3.63) is 47.3 Å². The molecule has 0 radical (unpaired) electrons. The largest absolute Gasteiger partial charge is 0.382 e. The molecule has 0 amide bonds. The highest BCUT2D eigenvalue weighted by Crippen LogP contribution is 2.34. The smallest absolute Gasteiger partial charge is 0.190 e. The Balaban J connectivity index is 1.55. The summed E-state index contributed by atoms with van der Waals surface area (Å²) in [5.74, 6) is 1.71. The van der Waals surface area contributed by atoms with Crippen LogP contribution in [0.25, 0.3) is 11.6 Å². The lowest BCUT2D eigenvalue weighted by atomic mass is 10.2. The van der Waals surface area contributed by atoms with Crippen LogP contribution in [0.4, 0.5) is 34.6 Å². The van der Waals surface area contributed by atoms with Crippen LogP contribution in [0.3, 0.4) is 0 Å². The fraction of sp³-hybridized carbons (Fsp3) is 0.357. The minimum absolute atomic E-state index is 0.205. The first-order chi connectivity index (χ1) is 22.3. The van der Waals surface area contributed by atoms with Crippen molar-refractivity contribution >= 4 is 34.6 Å². The maximum Gasteiger partial charge on any atom is 0.190 e. The lowest BCUT2D eigenvalue weighted by Crippen LogP contribution is -2.09. The summed E-state index contributed by atoms with van der Waals surface area (Å²) in [4.78, 5) is 8.81. The van der Waals surface area contributed by atoms with Gasteiger partial charge in [0.2, 0.25) is 0 Å². The highest BCUT2D eigenvalue weighted by atomic mass is 15.4. The van der Waals surface area contributed by atoms with E-state index in [4.69, 9.17) is 21.7 Å². The van der Waals surface area contributed by atoms with Crippen molar-refractivity contribution in [2.75, 3.05) is 11.5 Å². The Bertz CT molecular complexity index is 1860. The third-order valence-electron chi connectivity index (χ3n) is 7.08. The van der Waals surface area contributed by atoms with Crippen molar-refractivity contribution in [3.63, 3.8) is 0 Å². The van der Waals surface area contributed by atoms with Crippen molar-refractivity contribution in [2.45, 2.75) is 52.4 Å². The van der Waals surface area contributed by atoms with Crippen LogP contribution in [0, 0.1) is 22.7 Å². The SMILES string of the molecule is CCCCc1nn(-c2cc(-n3nc(CCCC)c(N=Nc4c(C#N)cnn4C)c3N)ncn2)c(N)c1N=Nc1c(C#N)cnn1C. The number of unbranched alkanes of at least 4 members (excludes halogenated alkanes) is 2. The Kier molecular flexibility index (Phi) is 9.18. The third-order valence-corrected chi connectivity index (χ3v) is 7.08. The van der Waals surface area contributed by atoms with E-state index in [1.165, 1.54) is 37.4 Å². The van der Waals surface area contributed by atoms with E-state index in [2.05, 4.69) is 66.6 Å². The molecule has 0 saturated carbocycles. The molecule has 46 heavy (non-hydrogen) atoms. The molecule has 18 nitrogen and oxygen atoms in total. The fourth-order valence-corrected chi connectivity index (χ4v) is 4.55. The topological polar surface area (TPSA) is 246 Å². The van der Waals surface area contributed by atoms with Crippen LogP contribution in [-0.2, 0) is 26.9 Å². The number of hydrogen-bond donors (Lipinski definition) is 2. The quantitative estimate of drug-likeness (QED) is 0.181. The van der Waals surface area contributed by atoms with Crippen molar-refractivity contribution in [2.24, 2.45) is 34.6 Å². The van der Waals surface area contributed by atoms with E-state index in [-0.39, 0.29) is 22.8 Å². The van der Waals surface area contributed by atoms with E-state index in [0.29, 0.717) is 58.9 Å². The second-order valence-corrected chi connectivity index (χ2v) is 10.3. The molecule has 0 fully saturated rings. The summed E-state index contributed by atoms with van der Waals surface area (Å²) < 4.78 is 5.84. The van der Waals surface area contributed by atoms with Crippen LogP contribution >= 0.6 is 0 Å². The van der Waals surface area contributed by atoms with Gasteiger partial charge >= 0.3 is 0 Å². The number of nitrogens with zero attached hydrogens (tertiary/aromatic N) is 16. The molecule has 5 heterocycles. The number of hydrogen-bond acceptors (Lipinski definition) is 14. The van der Waals surface area contributed by atoms with Crippen LogP contribution in [0.5, 0.6) is 0 Å². The summed E-state index contributed by atoms with van der Waals surface area (Å²) in [6, 6.07) is 5.76. The third kappa shape index (κ3) is 6.04. The van der Waals surface area contributed by atoms with Gasteiger partial charge in [0, 0.05) is 20.2 Å². The van der Waals surface area contributed by atoms with E-state index in [1.54, 1.807) is 20.2 Å². The summed E-state index contributed by atoms with van der Waals surface area (Å²) >= 11 is 0. The average Bonchev–Trinajstić information content (AvgIpc) is 3.79. The van der Waals surface area contributed by atoms with Gasteiger partial charge in [-0.1, -0.05) is 26.7 Å². The minimum Gasteiger partial charge on any atom is -0.382 e. The van der Waals surface area contributed by atoms with Gasteiger partial charge in [0.1, 0.15) is 29.6 Å². The van der Waals surface area contributed by atoms with Gasteiger partial charge in [0.15, 0.2) is 46.3 Å². The molecular formula is C28H32N18. The Morgan fingerprint density at radius 3 is 1.54 bits per heavy atom. The first-order valence-corrected chi connectivity index (χ1v) is 14.6. The number of nitrogen functional groups attached to an aromatic ring is 2. The number of nitrogens with two attached hydrogens (primary N) is 2. The van der Waals surface area contributed by atoms with Crippen LogP contribution in [0.2, 0.25) is 0 Å². The highest BCUT2D eigenvalue weighted by Gasteiger charge is 2.22. The Morgan fingerprint density at radius 2 is 1.15 bits per heavy atom. The average molecular weight is 621 g/mol. The van der Waals surface area contributed by atoms with Crippen molar-refractivity contribution in [1.82, 2.24) is 49.1 Å². The highest BCUT2D eigenvalue weighted by molar-refractivity contribution is 5.66. The summed E-state index contributed by atoms with van der Waals surface area (Å²) in [7, 11) is 3.35. The Hall–Kier alpha value is -6.30. The molecule has 0 spiro atoms. The Morgan fingerprint density at radius 1 is 0.717 bits per heavy atom. The molecule has 0 unspecified atom stereocenters. The van der Waals surface area contributed by atoms with Gasteiger partial charge in [-0.15, -0.1) is 20.5 Å². The summed E-state index contributed by atoms with van der Waals surface area (Å²) in [6.45, 7) is 4.15. The van der Waals surface area contributed by atoms with Crippen LogP contribution in [0.1, 0.15) is 62.0 Å². The number of rotatable bonds is 12. The van der Waals surface area contributed by atoms with Gasteiger partial charge in [-0.05, 0) is 25.7 Å². The van der Waals surface area contributed by atoms with E-state index in [0.717, 1.165) is 25.7 Å². The molecule has 0 aliphatic carbocycles. The number of azo groups is 2. The van der Waals surface area contributed by atoms with Gasteiger partial charge in [-0.25, -0.2) is 19.3 Å². The molecule has 5 rings (SSSR count). The maximum absolute atomic E-state index is 9.41. The lowest BCUT2D eigenvalue weighted by molar-refractivity contribution is 0.736. The van der Waals surface area contributed by atoms with Crippen molar-refractivity contribution in [3.8, 4) is 23.8 Å². The summed E-state index contributed by atoms with van der Waals surface area (Å²) in [5.41, 5.74) is 15.7. The van der Waals surface area contributed by atoms with Gasteiger partial charge in [-0.2, -0.15) is 40.3 Å². The lowest BCUT2D eigenvalue weighted by Gasteiger charge is -2.06. The zero-order valence-corrected chi connectivity index (χ0v) is 25.9. The number of nitriles is 2. The predicted molar refractivity (Wildman–Crippen MR) is 167 cm³/mol. The number of aromatic nitrogens is 10. The monoisotopic (exact) mass is 620 g/mol. The molecule has 5 aromatic heterocycles. The minimum atomic E-state index is 0.205. The second kappa shape index (κ2) is 13.6. The molecular weight excluding hydrogens is 588 g/mol. The molecule has 0 atom stereocenters. The van der Waals surface area contributed by atoms with E-state index in [9.17, 15) is 10.5 Å². The Labute approximate surface area is 263 Å². The van der Waals surface area contributed by atoms with E-state index >= 15 is 0 Å². The molecule has 5 aromatic rings. The fourth-order valence-electron chi connectivity index (χ4n) is 4.55. The first-order valence-electron chi connectivity index (χ1n) is 14.6. The van der Waals surface area contributed by atoms with Crippen molar-refractivity contribution in [1.29, 1.82) is 10.5 Å². The molecule has 234 valence electrons. The maximum atomic E-state index is 9.41. The first kappa shape index (κ1) is 31.1. The zero-order chi connectivity index (χ0) is 32.8. The van der Waals surface area contributed by atoms with Gasteiger partial charge in [-0.3, -0.25) is 0 Å². The summed E-state index contributed by atoms with van der Waals surface area (Å²) in [6.07, 6.45) is 8.95. The molecule has 0 aliphatic heterocycles. The van der Waals surface area contributed by atoms with Crippen LogP contribution in [0.15, 0.2) is 45.2 Å². The molecule has 0 aliphatic rings. The van der Waals surface area contributed by atoms with E-state index < -0.39 is 0 Å². The van der Waals surface area contributed by atoms with Gasteiger partial charge in [0.05, 0.1) is 23.8 Å². The number of anilines is 2. The van der Waals surface area contributed by atoms with Crippen molar-refractivity contribution < 1.29 is 0 Å². The standard InChI is InChI=1S/C28H32N18/c1-5-7-9-19-23(37-39-27-17(12-29)14-35-43(27)3)25(31)45(41-19)21-11-22(34-16-33-21)46-26(32)24(20(42-46)10-8-6-2)38-40-28-18(13-30)15-36-44(28)4/h11,14-16H,5-10,31-32H2,1-4H3. The molecule has 4 N–H and O–H groups in total. The van der Waals surface area contributed by atoms with Crippen LogP contribution < -0.4 is 11.5 Å². The van der Waals surface area contributed by atoms with Gasteiger partial charge in [0.25, 0.3) is 0 Å². The van der Waals surface area contributed by atoms with Gasteiger partial charge < -0.3 is 11.5 Å². The molecule has 18 heteroatoms.